The molecule has 1 aliphatic rings. The van der Waals surface area contributed by atoms with Crippen molar-refractivity contribution < 1.29 is 9.21 Å². The van der Waals surface area contributed by atoms with Crippen molar-refractivity contribution in [3.05, 3.63) is 57.6 Å². The van der Waals surface area contributed by atoms with Crippen molar-refractivity contribution >= 4 is 28.5 Å². The first-order chi connectivity index (χ1) is 10.8. The average molecular weight is 410 g/mol. The van der Waals surface area contributed by atoms with Crippen molar-refractivity contribution in [3.63, 3.8) is 0 Å². The molecule has 0 saturated carbocycles. The minimum absolute atomic E-state index is 0.0271. The molecule has 1 aliphatic heterocycles. The Hall–Kier alpha value is -1.34. The third kappa shape index (κ3) is 3.52. The van der Waals surface area contributed by atoms with Crippen LogP contribution in [-0.4, -0.2) is 30.4 Å². The Kier molecular flexibility index (Phi) is 5.15. The number of rotatable bonds is 5. The highest BCUT2D eigenvalue weighted by Gasteiger charge is 2.26. The molecular formula is C17H19IN2O2. The van der Waals surface area contributed by atoms with Gasteiger partial charge in [0, 0.05) is 10.1 Å². The van der Waals surface area contributed by atoms with Crippen molar-refractivity contribution in [2.75, 3.05) is 19.6 Å². The summed E-state index contributed by atoms with van der Waals surface area (Å²) in [5.74, 6) is 0.894. The first-order valence-corrected chi connectivity index (χ1v) is 8.64. The van der Waals surface area contributed by atoms with E-state index in [9.17, 15) is 4.79 Å². The summed E-state index contributed by atoms with van der Waals surface area (Å²) in [6.07, 6.45) is 4.11. The molecule has 1 N–H and O–H groups in total. The van der Waals surface area contributed by atoms with Crippen LogP contribution < -0.4 is 5.32 Å². The minimum Gasteiger partial charge on any atom is -0.468 e. The molecule has 116 valence electrons. The number of furan rings is 1. The molecule has 2 heterocycles. The molecule has 3 rings (SSSR count). The number of carbonyl (C=O) groups is 1. The van der Waals surface area contributed by atoms with E-state index in [0.29, 0.717) is 6.54 Å². The van der Waals surface area contributed by atoms with E-state index >= 15 is 0 Å². The summed E-state index contributed by atoms with van der Waals surface area (Å²) in [4.78, 5) is 14.8. The lowest BCUT2D eigenvalue weighted by molar-refractivity contribution is 0.0933. The molecule has 0 spiro atoms. The van der Waals surface area contributed by atoms with E-state index in [2.05, 4.69) is 32.8 Å². The molecule has 1 unspecified atom stereocenters. The lowest BCUT2D eigenvalue weighted by Crippen LogP contribution is -2.36. The Morgan fingerprint density at radius 2 is 2.00 bits per heavy atom. The quantitative estimate of drug-likeness (QED) is 0.769. The van der Waals surface area contributed by atoms with Gasteiger partial charge in [-0.1, -0.05) is 12.1 Å². The number of hydrogen-bond acceptors (Lipinski definition) is 3. The number of nitrogens with zero attached hydrogens (tertiary/aromatic N) is 1. The fourth-order valence-corrected chi connectivity index (χ4v) is 3.51. The highest BCUT2D eigenvalue weighted by molar-refractivity contribution is 14.1. The van der Waals surface area contributed by atoms with Crippen molar-refractivity contribution in [2.45, 2.75) is 18.9 Å². The van der Waals surface area contributed by atoms with Gasteiger partial charge in [-0.25, -0.2) is 0 Å². The largest absolute Gasteiger partial charge is 0.468 e. The molecule has 1 aromatic heterocycles. The Labute approximate surface area is 144 Å². The Bertz CT molecular complexity index is 621. The zero-order valence-electron chi connectivity index (χ0n) is 12.3. The summed E-state index contributed by atoms with van der Waals surface area (Å²) in [6, 6.07) is 11.6. The predicted octanol–water partition coefficient (Wildman–Crippen LogP) is 3.45. The zero-order valence-corrected chi connectivity index (χ0v) is 14.5. The van der Waals surface area contributed by atoms with Crippen LogP contribution in [0.15, 0.2) is 47.1 Å². The summed E-state index contributed by atoms with van der Waals surface area (Å²) in [6.45, 7) is 2.69. The normalized spacial score (nSPS) is 16.6. The van der Waals surface area contributed by atoms with E-state index in [1.807, 2.05) is 36.4 Å². The van der Waals surface area contributed by atoms with Gasteiger partial charge in [-0.3, -0.25) is 9.69 Å². The van der Waals surface area contributed by atoms with Gasteiger partial charge in [0.25, 0.3) is 5.91 Å². The first kappa shape index (κ1) is 15.6. The van der Waals surface area contributed by atoms with Crippen molar-refractivity contribution in [1.29, 1.82) is 0 Å². The molecule has 4 nitrogen and oxygen atoms in total. The molecule has 2 aromatic rings. The molecule has 22 heavy (non-hydrogen) atoms. The summed E-state index contributed by atoms with van der Waals surface area (Å²) in [5, 5.41) is 3.06. The lowest BCUT2D eigenvalue weighted by atomic mass is 10.1. The second-order valence-electron chi connectivity index (χ2n) is 5.46. The van der Waals surface area contributed by atoms with E-state index in [-0.39, 0.29) is 11.9 Å². The second kappa shape index (κ2) is 7.28. The standard InChI is InChI=1S/C17H19IN2O2/c18-14-7-2-1-6-13(14)17(21)19-12-15(16-8-5-11-22-16)20-9-3-4-10-20/h1-2,5-8,11,15H,3-4,9-10,12H2,(H,19,21). The predicted molar refractivity (Wildman–Crippen MR) is 93.7 cm³/mol. The summed E-state index contributed by atoms with van der Waals surface area (Å²) in [7, 11) is 0. The van der Waals surface area contributed by atoms with Gasteiger partial charge >= 0.3 is 0 Å². The molecule has 5 heteroatoms. The fourth-order valence-electron chi connectivity index (χ4n) is 2.87. The van der Waals surface area contributed by atoms with E-state index in [1.165, 1.54) is 12.8 Å². The number of carbonyl (C=O) groups excluding carboxylic acids is 1. The third-order valence-electron chi connectivity index (χ3n) is 4.03. The Morgan fingerprint density at radius 1 is 1.23 bits per heavy atom. The summed E-state index contributed by atoms with van der Waals surface area (Å²) < 4.78 is 6.54. The molecule has 1 saturated heterocycles. The number of benzene rings is 1. The van der Waals surface area contributed by atoms with Gasteiger partial charge in [-0.15, -0.1) is 0 Å². The van der Waals surface area contributed by atoms with E-state index in [4.69, 9.17) is 4.42 Å². The SMILES string of the molecule is O=C(NCC(c1ccco1)N1CCCC1)c1ccccc1I. The first-order valence-electron chi connectivity index (χ1n) is 7.56. The van der Waals surface area contributed by atoms with Gasteiger partial charge in [0.05, 0.1) is 17.9 Å². The summed E-state index contributed by atoms with van der Waals surface area (Å²) in [5.41, 5.74) is 0.725. The average Bonchev–Trinajstić information content (AvgIpc) is 3.21. The molecule has 1 atom stereocenters. The second-order valence-corrected chi connectivity index (χ2v) is 6.63. The monoisotopic (exact) mass is 410 g/mol. The van der Waals surface area contributed by atoms with Crippen LogP contribution in [0.2, 0.25) is 0 Å². The van der Waals surface area contributed by atoms with Gasteiger partial charge in [0.1, 0.15) is 5.76 Å². The number of halogens is 1. The molecular weight excluding hydrogens is 391 g/mol. The smallest absolute Gasteiger partial charge is 0.252 e. The topological polar surface area (TPSA) is 45.5 Å². The van der Waals surface area contributed by atoms with E-state index in [0.717, 1.165) is 28.0 Å². The third-order valence-corrected chi connectivity index (χ3v) is 4.97. The number of likely N-dealkylation sites (tertiary alicyclic amines) is 1. The van der Waals surface area contributed by atoms with Crippen LogP contribution >= 0.6 is 22.6 Å². The van der Waals surface area contributed by atoms with Gasteiger partial charge in [0.15, 0.2) is 0 Å². The molecule has 1 fully saturated rings. The van der Waals surface area contributed by atoms with Crippen LogP contribution in [0.1, 0.15) is 35.0 Å². The summed E-state index contributed by atoms with van der Waals surface area (Å²) >= 11 is 2.19. The molecule has 1 aromatic carbocycles. The molecule has 0 bridgehead atoms. The zero-order chi connectivity index (χ0) is 15.4. The number of hydrogen-bond donors (Lipinski definition) is 1. The van der Waals surface area contributed by atoms with Gasteiger partial charge in [-0.2, -0.15) is 0 Å². The van der Waals surface area contributed by atoms with Crippen LogP contribution in [0, 0.1) is 3.57 Å². The van der Waals surface area contributed by atoms with Crippen LogP contribution in [0.4, 0.5) is 0 Å². The number of amides is 1. The van der Waals surface area contributed by atoms with Crippen LogP contribution in [0.25, 0.3) is 0 Å². The molecule has 1 amide bonds. The van der Waals surface area contributed by atoms with Crippen molar-refractivity contribution in [1.82, 2.24) is 10.2 Å². The fraction of sp³-hybridized carbons (Fsp3) is 0.353. The highest BCUT2D eigenvalue weighted by atomic mass is 127. The van der Waals surface area contributed by atoms with Crippen LogP contribution in [0.3, 0.4) is 0 Å². The van der Waals surface area contributed by atoms with Gasteiger partial charge in [0.2, 0.25) is 0 Å². The van der Waals surface area contributed by atoms with E-state index < -0.39 is 0 Å². The van der Waals surface area contributed by atoms with E-state index in [1.54, 1.807) is 6.26 Å². The maximum Gasteiger partial charge on any atom is 0.252 e. The molecule has 0 aliphatic carbocycles. The molecule has 0 radical (unpaired) electrons. The van der Waals surface area contributed by atoms with Crippen LogP contribution in [0.5, 0.6) is 0 Å². The maximum absolute atomic E-state index is 12.4. The lowest BCUT2D eigenvalue weighted by Gasteiger charge is -2.26. The minimum atomic E-state index is -0.0271. The van der Waals surface area contributed by atoms with Gasteiger partial charge < -0.3 is 9.73 Å². The van der Waals surface area contributed by atoms with Gasteiger partial charge in [-0.05, 0) is 72.8 Å². The van der Waals surface area contributed by atoms with Crippen molar-refractivity contribution in [3.8, 4) is 0 Å². The number of nitrogens with one attached hydrogen (secondary N) is 1. The van der Waals surface area contributed by atoms with Crippen LogP contribution in [-0.2, 0) is 0 Å². The highest BCUT2D eigenvalue weighted by Crippen LogP contribution is 2.25. The maximum atomic E-state index is 12.4. The Balaban J connectivity index is 1.69. The Morgan fingerprint density at radius 3 is 2.68 bits per heavy atom. The van der Waals surface area contributed by atoms with Crippen molar-refractivity contribution in [2.24, 2.45) is 0 Å².